The van der Waals surface area contributed by atoms with Crippen LogP contribution in [0.25, 0.3) is 0 Å². The van der Waals surface area contributed by atoms with E-state index in [0.29, 0.717) is 27.6 Å². The summed E-state index contributed by atoms with van der Waals surface area (Å²) >= 11 is 32.2. The number of thiol groups is 7. The third-order valence-corrected chi connectivity index (χ3v) is 7.87. The van der Waals surface area contributed by atoms with E-state index in [0.717, 1.165) is 48.7 Å². The van der Waals surface area contributed by atoms with Crippen LogP contribution in [0, 0.1) is 11.8 Å². The van der Waals surface area contributed by atoms with Crippen LogP contribution in [-0.4, -0.2) is 38.8 Å². The monoisotopic (exact) mass is 464 g/mol. The summed E-state index contributed by atoms with van der Waals surface area (Å²) < 4.78 is 0. The van der Waals surface area contributed by atoms with E-state index < -0.39 is 0 Å². The van der Waals surface area contributed by atoms with Crippen molar-refractivity contribution in [3.8, 4) is 0 Å². The maximum atomic E-state index is 4.86. The molecule has 0 saturated carbocycles. The molecule has 146 valence electrons. The van der Waals surface area contributed by atoms with E-state index in [2.05, 4.69) is 50.5 Å². The quantitative estimate of drug-likeness (QED) is 0.106. The van der Waals surface area contributed by atoms with Crippen molar-refractivity contribution in [2.24, 2.45) is 11.8 Å². The second kappa shape index (κ2) is 17.5. The molecule has 0 nitrogen and oxygen atoms in total. The van der Waals surface area contributed by atoms with Gasteiger partial charge in [-0.15, -0.1) is 0 Å². The summed E-state index contributed by atoms with van der Waals surface area (Å²) in [5.74, 6) is 4.71. The molecule has 0 radical (unpaired) electrons. The van der Waals surface area contributed by atoms with Crippen LogP contribution in [0.2, 0.25) is 0 Å². The SMILES string of the molecule is SCCCCC(S)C(CS)CC(S)CC(CS)C(S)CCCCS. The van der Waals surface area contributed by atoms with Gasteiger partial charge < -0.3 is 0 Å². The van der Waals surface area contributed by atoms with Crippen molar-refractivity contribution < 1.29 is 0 Å². The average Bonchev–Trinajstić information content (AvgIpc) is 2.57. The maximum Gasteiger partial charge on any atom is 0.00532 e. The predicted octanol–water partition coefficient (Wildman–Crippen LogP) is 5.95. The molecule has 0 aliphatic rings. The molecule has 0 aromatic carbocycles. The predicted molar refractivity (Wildman–Crippen MR) is 138 cm³/mol. The molecule has 4 unspecified atom stereocenters. The van der Waals surface area contributed by atoms with Crippen LogP contribution in [0.1, 0.15) is 51.4 Å². The first-order chi connectivity index (χ1) is 11.5. The van der Waals surface area contributed by atoms with E-state index in [-0.39, 0.29) is 0 Å². The molecule has 0 aromatic heterocycles. The molecule has 0 aliphatic heterocycles. The third kappa shape index (κ3) is 12.8. The van der Waals surface area contributed by atoms with Crippen LogP contribution in [-0.2, 0) is 0 Å². The zero-order valence-electron chi connectivity index (χ0n) is 14.5. The van der Waals surface area contributed by atoms with Gasteiger partial charge in [0.05, 0.1) is 0 Å². The molecule has 0 N–H and O–H groups in total. The summed E-state index contributed by atoms with van der Waals surface area (Å²) in [5, 5.41) is 1.20. The van der Waals surface area contributed by atoms with Crippen LogP contribution in [0.15, 0.2) is 0 Å². The number of rotatable bonds is 16. The highest BCUT2D eigenvalue weighted by Crippen LogP contribution is 2.30. The Balaban J connectivity index is 4.30. The van der Waals surface area contributed by atoms with Crippen molar-refractivity contribution in [3.05, 3.63) is 0 Å². The molecule has 0 bridgehead atoms. The number of unbranched alkanes of at least 4 members (excludes halogenated alkanes) is 2. The van der Waals surface area contributed by atoms with E-state index in [4.69, 9.17) is 37.9 Å². The van der Waals surface area contributed by atoms with E-state index in [9.17, 15) is 0 Å². The third-order valence-electron chi connectivity index (χ3n) is 4.52. The summed E-state index contributed by atoms with van der Waals surface area (Å²) in [6, 6.07) is 0. The zero-order valence-corrected chi connectivity index (χ0v) is 20.8. The molecule has 0 aromatic rings. The molecule has 0 amide bonds. The second-order valence-electron chi connectivity index (χ2n) is 6.58. The highest BCUT2D eigenvalue weighted by Gasteiger charge is 2.24. The van der Waals surface area contributed by atoms with E-state index >= 15 is 0 Å². The van der Waals surface area contributed by atoms with Crippen LogP contribution in [0.4, 0.5) is 0 Å². The molecule has 0 aliphatic carbocycles. The minimum atomic E-state index is 0.373. The topological polar surface area (TPSA) is 0 Å². The normalized spacial score (nSPS) is 18.1. The van der Waals surface area contributed by atoms with Crippen LogP contribution < -0.4 is 0 Å². The van der Waals surface area contributed by atoms with Gasteiger partial charge in [-0.2, -0.15) is 88.4 Å². The maximum absolute atomic E-state index is 4.86. The highest BCUT2D eigenvalue weighted by molar-refractivity contribution is 7.82. The van der Waals surface area contributed by atoms with Crippen LogP contribution in [0.3, 0.4) is 0 Å². The number of hydrogen-bond acceptors (Lipinski definition) is 7. The minimum Gasteiger partial charge on any atom is -0.179 e. The van der Waals surface area contributed by atoms with Crippen molar-refractivity contribution >= 4 is 88.4 Å². The molecule has 0 rings (SSSR count). The summed E-state index contributed by atoms with van der Waals surface area (Å²) in [5.41, 5.74) is 0. The lowest BCUT2D eigenvalue weighted by molar-refractivity contribution is 0.425. The molecular formula is C17H36S7. The van der Waals surface area contributed by atoms with Gasteiger partial charge in [-0.05, 0) is 73.4 Å². The lowest BCUT2D eigenvalue weighted by atomic mass is 9.91. The molecule has 4 atom stereocenters. The van der Waals surface area contributed by atoms with Gasteiger partial charge >= 0.3 is 0 Å². The van der Waals surface area contributed by atoms with Gasteiger partial charge in [-0.3, -0.25) is 0 Å². The zero-order chi connectivity index (χ0) is 18.4. The van der Waals surface area contributed by atoms with Gasteiger partial charge in [0.2, 0.25) is 0 Å². The minimum absolute atomic E-state index is 0.373. The van der Waals surface area contributed by atoms with Crippen LogP contribution in [0.5, 0.6) is 0 Å². The molecule has 7 heteroatoms. The molecule has 0 fully saturated rings. The molecule has 0 saturated heterocycles. The first-order valence-electron chi connectivity index (χ1n) is 8.97. The van der Waals surface area contributed by atoms with E-state index in [1.807, 2.05) is 0 Å². The van der Waals surface area contributed by atoms with Gasteiger partial charge in [0.15, 0.2) is 0 Å². The Kier molecular flexibility index (Phi) is 19.3. The Labute approximate surface area is 189 Å². The smallest absolute Gasteiger partial charge is 0.00532 e. The van der Waals surface area contributed by atoms with Gasteiger partial charge in [-0.25, -0.2) is 0 Å². The van der Waals surface area contributed by atoms with Crippen molar-refractivity contribution in [2.75, 3.05) is 23.0 Å². The van der Waals surface area contributed by atoms with Crippen molar-refractivity contribution in [3.63, 3.8) is 0 Å². The van der Waals surface area contributed by atoms with Crippen molar-refractivity contribution in [2.45, 2.75) is 67.1 Å². The Morgan fingerprint density at radius 3 is 1.21 bits per heavy atom. The number of hydrogen-bond donors (Lipinski definition) is 7. The fourth-order valence-electron chi connectivity index (χ4n) is 2.90. The molecular weight excluding hydrogens is 429 g/mol. The first kappa shape index (κ1) is 26.4. The molecule has 0 spiro atoms. The second-order valence-corrected chi connectivity index (χ2v) is 10.3. The first-order valence-corrected chi connectivity index (χ1v) is 13.1. The van der Waals surface area contributed by atoms with E-state index in [1.165, 1.54) is 25.7 Å². The summed E-state index contributed by atoms with van der Waals surface area (Å²) in [7, 11) is 0. The summed E-state index contributed by atoms with van der Waals surface area (Å²) in [6.45, 7) is 0. The van der Waals surface area contributed by atoms with Gasteiger partial charge in [0.25, 0.3) is 0 Å². The summed E-state index contributed by atoms with van der Waals surface area (Å²) in [6.07, 6.45) is 9.16. The fraction of sp³-hybridized carbons (Fsp3) is 1.00. The van der Waals surface area contributed by atoms with E-state index in [1.54, 1.807) is 0 Å². The fourth-order valence-corrected chi connectivity index (χ4v) is 5.85. The van der Waals surface area contributed by atoms with Crippen LogP contribution >= 0.6 is 88.4 Å². The van der Waals surface area contributed by atoms with Gasteiger partial charge in [-0.1, -0.05) is 12.8 Å². The van der Waals surface area contributed by atoms with Gasteiger partial charge in [0.1, 0.15) is 0 Å². The largest absolute Gasteiger partial charge is 0.179 e. The van der Waals surface area contributed by atoms with Crippen molar-refractivity contribution in [1.29, 1.82) is 0 Å². The Morgan fingerprint density at radius 1 is 0.542 bits per heavy atom. The highest BCUT2D eigenvalue weighted by atomic mass is 32.1. The van der Waals surface area contributed by atoms with Crippen molar-refractivity contribution in [1.82, 2.24) is 0 Å². The Morgan fingerprint density at radius 2 is 0.917 bits per heavy atom. The lowest BCUT2D eigenvalue weighted by Gasteiger charge is -2.28. The average molecular weight is 465 g/mol. The lowest BCUT2D eigenvalue weighted by Crippen LogP contribution is -2.25. The Bertz CT molecular complexity index is 252. The molecule has 24 heavy (non-hydrogen) atoms. The Hall–Kier alpha value is 2.45. The van der Waals surface area contributed by atoms with Gasteiger partial charge in [0, 0.05) is 15.7 Å². The molecule has 0 heterocycles. The standard InChI is InChI=1S/C17H36S7/c18-7-3-1-5-16(23)13(11-20)9-15(22)10-14(12-21)17(24)6-2-4-8-19/h13-24H,1-12H2. The summed E-state index contributed by atoms with van der Waals surface area (Å²) in [4.78, 5) is 0.